The lowest BCUT2D eigenvalue weighted by Gasteiger charge is -2.15. The summed E-state index contributed by atoms with van der Waals surface area (Å²) in [7, 11) is -4.32. The van der Waals surface area contributed by atoms with E-state index in [0.717, 1.165) is 0 Å². The van der Waals surface area contributed by atoms with Gasteiger partial charge in [-0.2, -0.15) is 8.42 Å². The van der Waals surface area contributed by atoms with Gasteiger partial charge in [0.2, 0.25) is 0 Å². The van der Waals surface area contributed by atoms with E-state index in [9.17, 15) is 13.2 Å². The molecule has 0 aromatic heterocycles. The van der Waals surface area contributed by atoms with E-state index < -0.39 is 22.1 Å². The van der Waals surface area contributed by atoms with E-state index in [2.05, 4.69) is 10.9 Å². The van der Waals surface area contributed by atoms with Gasteiger partial charge in [0.15, 0.2) is 0 Å². The van der Waals surface area contributed by atoms with Crippen molar-refractivity contribution in [3.05, 3.63) is 24.3 Å². The quantitative estimate of drug-likeness (QED) is 0.446. The van der Waals surface area contributed by atoms with Crippen molar-refractivity contribution in [3.8, 4) is 0 Å². The van der Waals surface area contributed by atoms with Crippen LogP contribution in [0.2, 0.25) is 0 Å². The molecule has 0 amide bonds. The molecule has 0 heterocycles. The third kappa shape index (κ3) is 4.32. The first-order chi connectivity index (χ1) is 8.30. The van der Waals surface area contributed by atoms with Crippen LogP contribution in [0, 0.1) is 0 Å². The average Bonchev–Trinajstić information content (AvgIpc) is 2.24. The summed E-state index contributed by atoms with van der Waals surface area (Å²) in [5.74, 6) is -0.972. The van der Waals surface area contributed by atoms with E-state index in [-0.39, 0.29) is 17.0 Å². The number of benzene rings is 1. The summed E-state index contributed by atoms with van der Waals surface area (Å²) in [6.07, 6.45) is -0.124. The van der Waals surface area contributed by atoms with E-state index in [4.69, 9.17) is 9.66 Å². The minimum Gasteiger partial charge on any atom is -0.481 e. The predicted octanol–water partition coefficient (Wildman–Crippen LogP) is 0.713. The first-order valence-corrected chi connectivity index (χ1v) is 6.54. The molecule has 0 aliphatic carbocycles. The van der Waals surface area contributed by atoms with Crippen LogP contribution in [0.4, 0.5) is 5.69 Å². The van der Waals surface area contributed by atoms with E-state index in [1.54, 1.807) is 13.0 Å². The molecule has 0 aliphatic heterocycles. The van der Waals surface area contributed by atoms with Crippen molar-refractivity contribution in [3.63, 3.8) is 0 Å². The zero-order valence-corrected chi connectivity index (χ0v) is 10.4. The van der Waals surface area contributed by atoms with Crippen LogP contribution in [-0.2, 0) is 14.9 Å². The Morgan fingerprint density at radius 1 is 1.39 bits per heavy atom. The van der Waals surface area contributed by atoms with Gasteiger partial charge in [-0.05, 0) is 19.1 Å². The Hall–Kier alpha value is -1.64. The van der Waals surface area contributed by atoms with Gasteiger partial charge in [-0.15, -0.1) is 0 Å². The second-order valence-corrected chi connectivity index (χ2v) is 5.13. The van der Waals surface area contributed by atoms with Crippen LogP contribution in [0.5, 0.6) is 0 Å². The van der Waals surface area contributed by atoms with Crippen LogP contribution >= 0.6 is 0 Å². The van der Waals surface area contributed by atoms with Crippen molar-refractivity contribution in [1.29, 1.82) is 0 Å². The smallest absolute Gasteiger partial charge is 0.304 e. The number of anilines is 1. The standard InChI is InChI=1S/C10H14N2O5S/c1-7(6-10(13)14)11-12-8-4-2-3-5-9(8)18(15,16)17/h2-5,7,11-12H,6H2,1H3,(H,13,14)(H,15,16,17). The summed E-state index contributed by atoms with van der Waals surface area (Å²) >= 11 is 0. The molecule has 1 atom stereocenters. The maximum atomic E-state index is 11.1. The second-order valence-electron chi connectivity index (χ2n) is 3.74. The molecular weight excluding hydrogens is 260 g/mol. The highest BCUT2D eigenvalue weighted by Crippen LogP contribution is 2.19. The molecule has 1 rings (SSSR count). The molecule has 1 aromatic rings. The first kappa shape index (κ1) is 14.4. The number of rotatable bonds is 6. The fourth-order valence-corrected chi connectivity index (χ4v) is 1.96. The number of carbonyl (C=O) groups is 1. The lowest BCUT2D eigenvalue weighted by Crippen LogP contribution is -2.33. The molecule has 0 radical (unpaired) electrons. The van der Waals surface area contributed by atoms with Crippen molar-refractivity contribution in [2.45, 2.75) is 24.3 Å². The first-order valence-electron chi connectivity index (χ1n) is 5.10. The number of carboxylic acid groups (broad SMARTS) is 1. The van der Waals surface area contributed by atoms with E-state index in [1.165, 1.54) is 18.2 Å². The number of carboxylic acids is 1. The lowest BCUT2D eigenvalue weighted by atomic mass is 10.2. The number of nitrogens with one attached hydrogen (secondary N) is 2. The predicted molar refractivity (Wildman–Crippen MR) is 64.7 cm³/mol. The van der Waals surface area contributed by atoms with E-state index in [1.807, 2.05) is 0 Å². The Morgan fingerprint density at radius 3 is 2.56 bits per heavy atom. The number of hydrogen-bond acceptors (Lipinski definition) is 5. The topological polar surface area (TPSA) is 116 Å². The van der Waals surface area contributed by atoms with Crippen molar-refractivity contribution < 1.29 is 22.9 Å². The van der Waals surface area contributed by atoms with Gasteiger partial charge >= 0.3 is 5.97 Å². The minimum atomic E-state index is -4.32. The largest absolute Gasteiger partial charge is 0.481 e. The summed E-state index contributed by atoms with van der Waals surface area (Å²) in [5, 5.41) is 8.56. The molecule has 0 spiro atoms. The van der Waals surface area contributed by atoms with Gasteiger partial charge in [-0.25, -0.2) is 5.43 Å². The number of hydrazine groups is 1. The van der Waals surface area contributed by atoms with Crippen LogP contribution in [0.15, 0.2) is 29.2 Å². The summed E-state index contributed by atoms with van der Waals surface area (Å²) in [4.78, 5) is 10.2. The van der Waals surface area contributed by atoms with Gasteiger partial charge in [0, 0.05) is 6.04 Å². The maximum Gasteiger partial charge on any atom is 0.304 e. The summed E-state index contributed by atoms with van der Waals surface area (Å²) < 4.78 is 31.1. The van der Waals surface area contributed by atoms with Gasteiger partial charge in [-0.3, -0.25) is 9.35 Å². The highest BCUT2D eigenvalue weighted by Gasteiger charge is 2.15. The lowest BCUT2D eigenvalue weighted by molar-refractivity contribution is -0.137. The number of hydrogen-bond donors (Lipinski definition) is 4. The van der Waals surface area contributed by atoms with Crippen molar-refractivity contribution in [2.75, 3.05) is 5.43 Å². The van der Waals surface area contributed by atoms with Crippen molar-refractivity contribution >= 4 is 21.8 Å². The Morgan fingerprint density at radius 2 is 2.00 bits per heavy atom. The van der Waals surface area contributed by atoms with Crippen molar-refractivity contribution in [1.82, 2.24) is 5.43 Å². The molecule has 0 fully saturated rings. The van der Waals surface area contributed by atoms with Crippen LogP contribution in [0.3, 0.4) is 0 Å². The summed E-state index contributed by atoms with van der Waals surface area (Å²) in [6, 6.07) is 5.33. The Kier molecular flexibility index (Phi) is 4.65. The van der Waals surface area contributed by atoms with Gasteiger partial charge in [0.25, 0.3) is 10.1 Å². The zero-order chi connectivity index (χ0) is 13.8. The molecule has 0 bridgehead atoms. The fraction of sp³-hybridized carbons (Fsp3) is 0.300. The number of para-hydroxylation sites is 1. The van der Waals surface area contributed by atoms with Gasteiger partial charge in [0.1, 0.15) is 4.90 Å². The highest BCUT2D eigenvalue weighted by atomic mass is 32.2. The van der Waals surface area contributed by atoms with Gasteiger partial charge < -0.3 is 10.5 Å². The third-order valence-electron chi connectivity index (χ3n) is 2.10. The van der Waals surface area contributed by atoms with Gasteiger partial charge in [-0.1, -0.05) is 12.1 Å². The minimum absolute atomic E-state index is 0.124. The molecule has 0 aliphatic rings. The molecule has 100 valence electrons. The maximum absolute atomic E-state index is 11.1. The van der Waals surface area contributed by atoms with E-state index >= 15 is 0 Å². The van der Waals surface area contributed by atoms with Crippen molar-refractivity contribution in [2.24, 2.45) is 0 Å². The average molecular weight is 274 g/mol. The normalized spacial score (nSPS) is 13.0. The Labute approximate surface area is 105 Å². The highest BCUT2D eigenvalue weighted by molar-refractivity contribution is 7.86. The Balaban J connectivity index is 2.77. The Bertz CT molecular complexity index is 529. The van der Waals surface area contributed by atoms with Gasteiger partial charge in [0.05, 0.1) is 12.1 Å². The van der Waals surface area contributed by atoms with E-state index in [0.29, 0.717) is 0 Å². The number of aliphatic carboxylic acids is 1. The molecule has 7 nitrogen and oxygen atoms in total. The van der Waals surface area contributed by atoms with Crippen LogP contribution in [-0.4, -0.2) is 30.1 Å². The van der Waals surface area contributed by atoms with Crippen LogP contribution in [0.1, 0.15) is 13.3 Å². The monoisotopic (exact) mass is 274 g/mol. The molecule has 18 heavy (non-hydrogen) atoms. The van der Waals surface area contributed by atoms with Crippen LogP contribution < -0.4 is 10.9 Å². The molecule has 8 heteroatoms. The van der Waals surface area contributed by atoms with Crippen LogP contribution in [0.25, 0.3) is 0 Å². The molecule has 0 saturated carbocycles. The fourth-order valence-electron chi connectivity index (χ4n) is 1.31. The third-order valence-corrected chi connectivity index (χ3v) is 3.01. The zero-order valence-electron chi connectivity index (χ0n) is 9.62. The molecule has 0 saturated heterocycles. The molecule has 4 N–H and O–H groups in total. The molecular formula is C10H14N2O5S. The summed E-state index contributed by atoms with van der Waals surface area (Å²) in [6.45, 7) is 1.62. The molecule has 1 aromatic carbocycles. The second kappa shape index (κ2) is 5.80. The SMILES string of the molecule is CC(CC(=O)O)NNc1ccccc1S(=O)(=O)O. The summed E-state index contributed by atoms with van der Waals surface area (Å²) in [5.41, 5.74) is 5.36. The molecule has 1 unspecified atom stereocenters.